The average Bonchev–Trinajstić information content (AvgIpc) is 2.48. The minimum absolute atomic E-state index is 0.0367. The topological polar surface area (TPSA) is 24.7 Å². The molecule has 0 saturated carbocycles. The highest BCUT2D eigenvalue weighted by Gasteiger charge is 2.21. The van der Waals surface area contributed by atoms with E-state index in [1.165, 1.54) is 16.7 Å². The van der Waals surface area contributed by atoms with Crippen LogP contribution in [-0.2, 0) is 10.8 Å². The van der Waals surface area contributed by atoms with E-state index in [9.17, 15) is 0 Å². The van der Waals surface area contributed by atoms with Crippen LogP contribution in [0.4, 0.5) is 5.69 Å². The molecule has 0 amide bonds. The Labute approximate surface area is 152 Å². The second-order valence-electron chi connectivity index (χ2n) is 8.77. The molecule has 2 rings (SSSR count). The zero-order valence-electron chi connectivity index (χ0n) is 16.6. The van der Waals surface area contributed by atoms with E-state index in [2.05, 4.69) is 77.4 Å². The van der Waals surface area contributed by atoms with Gasteiger partial charge in [-0.25, -0.2) is 0 Å². The molecule has 25 heavy (non-hydrogen) atoms. The minimum atomic E-state index is 0.0367. The Morgan fingerprint density at radius 1 is 0.840 bits per heavy atom. The highest BCUT2D eigenvalue weighted by molar-refractivity contribution is 5.41. The van der Waals surface area contributed by atoms with Crippen molar-refractivity contribution in [2.75, 3.05) is 0 Å². The lowest BCUT2D eigenvalue weighted by Crippen LogP contribution is -2.32. The first-order valence-electron chi connectivity index (χ1n) is 8.80. The number of rotatable bonds is 2. The van der Waals surface area contributed by atoms with Gasteiger partial charge in [0.05, 0.1) is 11.9 Å². The van der Waals surface area contributed by atoms with E-state index in [0.29, 0.717) is 0 Å². The van der Waals surface area contributed by atoms with Gasteiger partial charge < -0.3 is 0 Å². The summed E-state index contributed by atoms with van der Waals surface area (Å²) in [4.78, 5) is 0. The van der Waals surface area contributed by atoms with Gasteiger partial charge >= 0.3 is 0 Å². The van der Waals surface area contributed by atoms with E-state index in [4.69, 9.17) is 0 Å². The Hall–Kier alpha value is -2.22. The van der Waals surface area contributed by atoms with Crippen LogP contribution in [-0.4, -0.2) is 0 Å². The van der Waals surface area contributed by atoms with Gasteiger partial charge in [0, 0.05) is 0 Å². The monoisotopic (exact) mass is 334 g/mol. The number of nitrogens with zero attached hydrogens (tertiary/aromatic N) is 2. The molecule has 0 heterocycles. The van der Waals surface area contributed by atoms with Gasteiger partial charge in [-0.05, 0) is 63.6 Å². The van der Waals surface area contributed by atoms with E-state index in [1.807, 2.05) is 30.5 Å². The number of hydrogen-bond acceptors (Lipinski definition) is 2. The summed E-state index contributed by atoms with van der Waals surface area (Å²) in [5.41, 5.74) is 4.68. The molecule has 132 valence electrons. The van der Waals surface area contributed by atoms with Gasteiger partial charge in [-0.15, -0.1) is 0 Å². The van der Waals surface area contributed by atoms with Crippen molar-refractivity contribution in [2.45, 2.75) is 59.3 Å². The lowest BCUT2D eigenvalue weighted by molar-refractivity contribution is 0.560. The van der Waals surface area contributed by atoms with Gasteiger partial charge in [0.15, 0.2) is 0 Å². The average molecular weight is 335 g/mol. The summed E-state index contributed by atoms with van der Waals surface area (Å²) in [6, 6.07) is 12.4. The fourth-order valence-corrected chi connectivity index (χ4v) is 2.88. The third kappa shape index (κ3) is 4.88. The number of hydrogen-bond donors (Lipinski definition) is 0. The first-order valence-corrected chi connectivity index (χ1v) is 8.80. The largest absolute Gasteiger partial charge is 0.158 e. The normalized spacial score (nSPS) is 12.6. The fraction of sp³-hybridized carbons (Fsp3) is 0.391. The number of azo groups is 1. The van der Waals surface area contributed by atoms with Crippen molar-refractivity contribution in [1.29, 1.82) is 0 Å². The molecule has 0 saturated heterocycles. The first kappa shape index (κ1) is 19.1. The molecule has 2 nitrogen and oxygen atoms in total. The Bertz CT molecular complexity index is 833. The molecule has 2 aromatic carbocycles. The molecular weight excluding hydrogens is 304 g/mol. The van der Waals surface area contributed by atoms with Crippen LogP contribution in [0.5, 0.6) is 0 Å². The number of aryl methyl sites for hydroxylation is 1. The van der Waals surface area contributed by atoms with Gasteiger partial charge in [-0.2, -0.15) is 10.2 Å². The second kappa shape index (κ2) is 6.95. The van der Waals surface area contributed by atoms with Crippen LogP contribution in [0.25, 0.3) is 12.8 Å². The Morgan fingerprint density at radius 2 is 1.32 bits per heavy atom. The zero-order chi connectivity index (χ0) is 18.8. The van der Waals surface area contributed by atoms with E-state index < -0.39 is 0 Å². The molecule has 0 aliphatic heterocycles. The van der Waals surface area contributed by atoms with Crippen molar-refractivity contribution in [1.82, 2.24) is 0 Å². The number of benzene rings is 2. The van der Waals surface area contributed by atoms with Crippen LogP contribution < -0.4 is 10.4 Å². The smallest absolute Gasteiger partial charge is 0.0857 e. The highest BCUT2D eigenvalue weighted by atomic mass is 15.1. The van der Waals surface area contributed by atoms with E-state index in [1.54, 1.807) is 0 Å². The van der Waals surface area contributed by atoms with Gasteiger partial charge in [0.2, 0.25) is 0 Å². The first-order chi connectivity index (χ1) is 11.5. The highest BCUT2D eigenvalue weighted by Crippen LogP contribution is 2.22. The standard InChI is InChI=1S/C23H30N2/c1-16-9-11-19(12-10-16)25-24-15-18-13-20(22(3,4)5)17(2)21(14-18)23(6,7)8/h9-15H,2H2,1,3-8H3. The second-order valence-corrected chi connectivity index (χ2v) is 8.77. The molecule has 0 bridgehead atoms. The van der Waals surface area contributed by atoms with E-state index in [0.717, 1.165) is 16.1 Å². The predicted octanol–water partition coefficient (Wildman–Crippen LogP) is 5.52. The van der Waals surface area contributed by atoms with Crippen molar-refractivity contribution in [2.24, 2.45) is 10.2 Å². The van der Waals surface area contributed by atoms with E-state index in [-0.39, 0.29) is 10.8 Å². The summed E-state index contributed by atoms with van der Waals surface area (Å²) < 4.78 is 0. The molecule has 0 spiro atoms. The maximum atomic E-state index is 4.36. The molecule has 0 aliphatic carbocycles. The SMILES string of the molecule is C=c1c(C(C)(C)C)cc(=CN=Nc2ccc(C)cc2)cc1C(C)(C)C. The third-order valence-electron chi connectivity index (χ3n) is 4.30. The van der Waals surface area contributed by atoms with Crippen LogP contribution in [0.1, 0.15) is 58.2 Å². The molecule has 0 unspecified atom stereocenters. The molecule has 0 N–H and O–H groups in total. The zero-order valence-corrected chi connectivity index (χ0v) is 16.6. The molecule has 2 aromatic rings. The predicted molar refractivity (Wildman–Crippen MR) is 109 cm³/mol. The van der Waals surface area contributed by atoms with Crippen molar-refractivity contribution in [3.8, 4) is 0 Å². The summed E-state index contributed by atoms with van der Waals surface area (Å²) in [6.07, 6.45) is 1.84. The maximum Gasteiger partial charge on any atom is 0.0857 e. The summed E-state index contributed by atoms with van der Waals surface area (Å²) in [5, 5.41) is 10.8. The Morgan fingerprint density at radius 3 is 1.76 bits per heavy atom. The van der Waals surface area contributed by atoms with Gasteiger partial charge in [-0.1, -0.05) is 65.8 Å². The van der Waals surface area contributed by atoms with Gasteiger partial charge in [0.1, 0.15) is 0 Å². The van der Waals surface area contributed by atoms with Crippen molar-refractivity contribution < 1.29 is 0 Å². The lowest BCUT2D eigenvalue weighted by Gasteiger charge is -2.26. The minimum Gasteiger partial charge on any atom is -0.158 e. The summed E-state index contributed by atoms with van der Waals surface area (Å²) >= 11 is 0. The van der Waals surface area contributed by atoms with Crippen molar-refractivity contribution in [3.63, 3.8) is 0 Å². The molecule has 0 radical (unpaired) electrons. The summed E-state index contributed by atoms with van der Waals surface area (Å²) in [5.74, 6) is 0. The summed E-state index contributed by atoms with van der Waals surface area (Å²) in [6.45, 7) is 19.8. The van der Waals surface area contributed by atoms with Gasteiger partial charge in [-0.3, -0.25) is 0 Å². The Balaban J connectivity index is 2.53. The molecular formula is C23H30N2. The van der Waals surface area contributed by atoms with Gasteiger partial charge in [0.25, 0.3) is 0 Å². The molecule has 0 aliphatic rings. The molecule has 0 fully saturated rings. The fourth-order valence-electron chi connectivity index (χ4n) is 2.88. The third-order valence-corrected chi connectivity index (χ3v) is 4.30. The van der Waals surface area contributed by atoms with Crippen LogP contribution in [0.3, 0.4) is 0 Å². The van der Waals surface area contributed by atoms with Crippen LogP contribution in [0, 0.1) is 6.92 Å². The lowest BCUT2D eigenvalue weighted by atomic mass is 9.78. The Kier molecular flexibility index (Phi) is 5.31. The van der Waals surface area contributed by atoms with E-state index >= 15 is 0 Å². The van der Waals surface area contributed by atoms with Crippen LogP contribution in [0.2, 0.25) is 0 Å². The van der Waals surface area contributed by atoms with Crippen molar-refractivity contribution >= 4 is 18.5 Å². The summed E-state index contributed by atoms with van der Waals surface area (Å²) in [7, 11) is 0. The molecule has 0 atom stereocenters. The van der Waals surface area contributed by atoms with Crippen molar-refractivity contribution in [3.05, 3.63) is 63.5 Å². The maximum absolute atomic E-state index is 4.36. The molecule has 2 heteroatoms. The van der Waals surface area contributed by atoms with Crippen LogP contribution >= 0.6 is 0 Å². The molecule has 0 aromatic heterocycles. The quantitative estimate of drug-likeness (QED) is 0.646. The van der Waals surface area contributed by atoms with Crippen LogP contribution in [0.15, 0.2) is 46.6 Å².